The van der Waals surface area contributed by atoms with Gasteiger partial charge in [-0.15, -0.1) is 0 Å². The van der Waals surface area contributed by atoms with Crippen molar-refractivity contribution in [3.8, 4) is 0 Å². The minimum Gasteiger partial charge on any atom is -0.374 e. The summed E-state index contributed by atoms with van der Waals surface area (Å²) < 4.78 is 36.4. The molecular formula is C27H31O7P. The van der Waals surface area contributed by atoms with Crippen LogP contribution in [0, 0.1) is 0 Å². The monoisotopic (exact) mass is 498 g/mol. The molecule has 1 aliphatic heterocycles. The SMILES string of the molecule is O=P(O)(O)C[C@@H]1O[C@H](COCc2ccccc2)[C@@H](OCc2ccccc2)[C@@H]1OCc1ccccc1. The van der Waals surface area contributed by atoms with Gasteiger partial charge in [-0.3, -0.25) is 4.57 Å². The molecule has 0 amide bonds. The molecule has 4 rings (SSSR count). The van der Waals surface area contributed by atoms with Crippen LogP contribution < -0.4 is 0 Å². The van der Waals surface area contributed by atoms with Gasteiger partial charge in [0.15, 0.2) is 0 Å². The standard InChI is InChI=1S/C27H31O7P/c28-35(29,30)20-25-27(33-18-23-14-8-3-9-15-23)26(32-17-22-12-6-2-7-13-22)24(34-25)19-31-16-21-10-4-1-5-11-21/h1-15,24-27H,16-20H2,(H2,28,29,30)/t24-,25+,26-,27-/m1/s1. The van der Waals surface area contributed by atoms with Crippen molar-refractivity contribution in [1.29, 1.82) is 0 Å². The van der Waals surface area contributed by atoms with Gasteiger partial charge in [-0.25, -0.2) is 0 Å². The summed E-state index contributed by atoms with van der Waals surface area (Å²) in [5, 5.41) is 0. The van der Waals surface area contributed by atoms with Crippen molar-refractivity contribution in [2.75, 3.05) is 12.8 Å². The van der Waals surface area contributed by atoms with E-state index in [2.05, 4.69) is 0 Å². The van der Waals surface area contributed by atoms with Crippen LogP contribution in [0.5, 0.6) is 0 Å². The van der Waals surface area contributed by atoms with Gasteiger partial charge in [-0.05, 0) is 16.7 Å². The maximum absolute atomic E-state index is 11.9. The zero-order valence-corrected chi connectivity index (χ0v) is 20.3. The summed E-state index contributed by atoms with van der Waals surface area (Å²) >= 11 is 0. The molecule has 0 bridgehead atoms. The molecule has 3 aromatic rings. The highest BCUT2D eigenvalue weighted by atomic mass is 31.2. The molecule has 1 heterocycles. The lowest BCUT2D eigenvalue weighted by molar-refractivity contribution is -0.0897. The second-order valence-corrected chi connectivity index (χ2v) is 10.3. The van der Waals surface area contributed by atoms with Crippen molar-refractivity contribution >= 4 is 7.60 Å². The molecule has 0 spiro atoms. The van der Waals surface area contributed by atoms with Crippen molar-refractivity contribution in [3.63, 3.8) is 0 Å². The molecule has 7 nitrogen and oxygen atoms in total. The topological polar surface area (TPSA) is 94.5 Å². The van der Waals surface area contributed by atoms with E-state index >= 15 is 0 Å². The highest BCUT2D eigenvalue weighted by Gasteiger charge is 2.48. The Morgan fingerprint density at radius 3 is 1.54 bits per heavy atom. The first-order valence-corrected chi connectivity index (χ1v) is 13.4. The molecule has 0 unspecified atom stereocenters. The van der Waals surface area contributed by atoms with E-state index in [0.717, 1.165) is 16.7 Å². The summed E-state index contributed by atoms with van der Waals surface area (Å²) in [7, 11) is -4.35. The lowest BCUT2D eigenvalue weighted by Gasteiger charge is -2.25. The molecule has 0 saturated carbocycles. The van der Waals surface area contributed by atoms with E-state index in [-0.39, 0.29) is 13.2 Å². The summed E-state index contributed by atoms with van der Waals surface area (Å²) in [6.07, 6.45) is -3.05. The molecule has 186 valence electrons. The van der Waals surface area contributed by atoms with Gasteiger partial charge in [0.25, 0.3) is 0 Å². The van der Waals surface area contributed by atoms with Crippen LogP contribution >= 0.6 is 7.60 Å². The van der Waals surface area contributed by atoms with Crippen molar-refractivity contribution in [2.45, 2.75) is 44.2 Å². The fourth-order valence-electron chi connectivity index (χ4n) is 4.12. The zero-order chi connectivity index (χ0) is 24.5. The van der Waals surface area contributed by atoms with Crippen LogP contribution in [-0.2, 0) is 43.3 Å². The number of ether oxygens (including phenoxy) is 4. The summed E-state index contributed by atoms with van der Waals surface area (Å²) in [5.74, 6) is 0. The zero-order valence-electron chi connectivity index (χ0n) is 19.4. The first-order chi connectivity index (χ1) is 17.0. The summed E-state index contributed by atoms with van der Waals surface area (Å²) in [4.78, 5) is 19.4. The van der Waals surface area contributed by atoms with Crippen LogP contribution in [0.15, 0.2) is 91.0 Å². The third-order valence-corrected chi connectivity index (χ3v) is 6.62. The summed E-state index contributed by atoms with van der Waals surface area (Å²) in [6.45, 7) is 1.19. The molecule has 0 aliphatic carbocycles. The van der Waals surface area contributed by atoms with Gasteiger partial charge >= 0.3 is 7.60 Å². The quantitative estimate of drug-likeness (QED) is 0.359. The maximum atomic E-state index is 11.9. The molecule has 8 heteroatoms. The minimum absolute atomic E-state index is 0.206. The first kappa shape index (κ1) is 25.7. The van der Waals surface area contributed by atoms with E-state index < -0.39 is 38.2 Å². The smallest absolute Gasteiger partial charge is 0.328 e. The van der Waals surface area contributed by atoms with Crippen LogP contribution in [0.25, 0.3) is 0 Å². The van der Waals surface area contributed by atoms with E-state index in [1.165, 1.54) is 0 Å². The lowest BCUT2D eigenvalue weighted by atomic mass is 10.1. The van der Waals surface area contributed by atoms with Crippen molar-refractivity contribution in [1.82, 2.24) is 0 Å². The molecule has 1 fully saturated rings. The second kappa shape index (κ2) is 12.6. The molecule has 3 aromatic carbocycles. The fraction of sp³-hybridized carbons (Fsp3) is 0.333. The van der Waals surface area contributed by atoms with E-state index in [9.17, 15) is 14.4 Å². The Morgan fingerprint density at radius 2 is 1.09 bits per heavy atom. The molecule has 1 saturated heterocycles. The van der Waals surface area contributed by atoms with Gasteiger partial charge in [-0.1, -0.05) is 91.0 Å². The van der Waals surface area contributed by atoms with Gasteiger partial charge in [-0.2, -0.15) is 0 Å². The molecule has 0 radical (unpaired) electrons. The normalized spacial score (nSPS) is 22.3. The first-order valence-electron chi connectivity index (χ1n) is 11.6. The molecule has 4 atom stereocenters. The third-order valence-electron chi connectivity index (χ3n) is 5.79. The van der Waals surface area contributed by atoms with E-state index in [4.69, 9.17) is 18.9 Å². The van der Waals surface area contributed by atoms with E-state index in [1.54, 1.807) is 0 Å². The summed E-state index contributed by atoms with van der Waals surface area (Å²) in [6, 6.07) is 29.1. The predicted molar refractivity (Wildman–Crippen MR) is 132 cm³/mol. The van der Waals surface area contributed by atoms with Crippen molar-refractivity contribution in [2.24, 2.45) is 0 Å². The van der Waals surface area contributed by atoms with Crippen LogP contribution in [0.3, 0.4) is 0 Å². The number of benzene rings is 3. The van der Waals surface area contributed by atoms with Crippen LogP contribution in [0.1, 0.15) is 16.7 Å². The fourth-order valence-corrected chi connectivity index (χ4v) is 4.89. The van der Waals surface area contributed by atoms with Crippen molar-refractivity contribution in [3.05, 3.63) is 108 Å². The van der Waals surface area contributed by atoms with Gasteiger partial charge < -0.3 is 28.7 Å². The molecule has 35 heavy (non-hydrogen) atoms. The largest absolute Gasteiger partial charge is 0.374 e. The number of hydrogen-bond donors (Lipinski definition) is 2. The van der Waals surface area contributed by atoms with Gasteiger partial charge in [0.1, 0.15) is 18.3 Å². The lowest BCUT2D eigenvalue weighted by Crippen LogP contribution is -2.39. The average molecular weight is 499 g/mol. The van der Waals surface area contributed by atoms with Gasteiger partial charge in [0.05, 0.1) is 38.7 Å². The molecule has 0 aromatic heterocycles. The molecule has 2 N–H and O–H groups in total. The van der Waals surface area contributed by atoms with Crippen LogP contribution in [0.4, 0.5) is 0 Å². The predicted octanol–water partition coefficient (Wildman–Crippen LogP) is 4.32. The second-order valence-electron chi connectivity index (χ2n) is 8.58. The highest BCUT2D eigenvalue weighted by molar-refractivity contribution is 7.51. The number of rotatable bonds is 12. The minimum atomic E-state index is -4.35. The number of hydrogen-bond acceptors (Lipinski definition) is 5. The average Bonchev–Trinajstić information content (AvgIpc) is 3.17. The Kier molecular flexibility index (Phi) is 9.24. The van der Waals surface area contributed by atoms with E-state index in [1.807, 2.05) is 91.0 Å². The Hall–Kier alpha value is -2.35. The molecular weight excluding hydrogens is 467 g/mol. The van der Waals surface area contributed by atoms with Crippen molar-refractivity contribution < 1.29 is 33.3 Å². The maximum Gasteiger partial charge on any atom is 0.328 e. The molecule has 1 aliphatic rings. The van der Waals surface area contributed by atoms with Gasteiger partial charge in [0, 0.05) is 0 Å². The Bertz CT molecular complexity index is 1060. The van der Waals surface area contributed by atoms with Crippen LogP contribution in [0.2, 0.25) is 0 Å². The third kappa shape index (κ3) is 8.09. The van der Waals surface area contributed by atoms with E-state index in [0.29, 0.717) is 13.2 Å². The Morgan fingerprint density at radius 1 is 0.657 bits per heavy atom. The van der Waals surface area contributed by atoms with Gasteiger partial charge in [0.2, 0.25) is 0 Å². The Balaban J connectivity index is 1.49. The summed E-state index contributed by atoms with van der Waals surface area (Å²) in [5.41, 5.74) is 2.96. The van der Waals surface area contributed by atoms with Crippen LogP contribution in [-0.4, -0.2) is 47.0 Å². The highest BCUT2D eigenvalue weighted by Crippen LogP contribution is 2.41. The Labute approximate surface area is 205 Å².